The van der Waals surface area contributed by atoms with E-state index in [0.717, 1.165) is 29.2 Å². The number of hydrogen-bond acceptors (Lipinski definition) is 5. The van der Waals surface area contributed by atoms with E-state index in [9.17, 15) is 10.1 Å². The van der Waals surface area contributed by atoms with Crippen molar-refractivity contribution in [1.29, 1.82) is 0 Å². The molecule has 0 radical (unpaired) electrons. The van der Waals surface area contributed by atoms with Gasteiger partial charge in [0.25, 0.3) is 5.69 Å². The average molecular weight is 292 g/mol. The highest BCUT2D eigenvalue weighted by Crippen LogP contribution is 2.27. The molecule has 0 atom stereocenters. The summed E-state index contributed by atoms with van der Waals surface area (Å²) in [6.45, 7) is 2.98. The smallest absolute Gasteiger partial charge is 0.270 e. The molecule has 0 aliphatic carbocycles. The number of aromatic amines is 1. The number of benzene rings is 1. The Hall–Kier alpha value is -2.02. The predicted molar refractivity (Wildman–Crippen MR) is 80.0 cm³/mol. The Labute approximate surface area is 121 Å². The lowest BCUT2D eigenvalue weighted by atomic mass is 10.3. The minimum Gasteiger partial charge on any atom is -0.370 e. The quantitative estimate of drug-likeness (QED) is 0.464. The van der Waals surface area contributed by atoms with E-state index in [1.54, 1.807) is 30.1 Å². The van der Waals surface area contributed by atoms with E-state index in [1.165, 1.54) is 6.07 Å². The molecule has 6 nitrogen and oxygen atoms in total. The van der Waals surface area contributed by atoms with Crippen LogP contribution >= 0.6 is 11.8 Å². The number of nitro benzene ring substituents is 1. The van der Waals surface area contributed by atoms with Crippen LogP contribution in [0.3, 0.4) is 0 Å². The third kappa shape index (κ3) is 3.74. The van der Waals surface area contributed by atoms with Gasteiger partial charge in [-0.2, -0.15) is 5.10 Å². The van der Waals surface area contributed by atoms with Crippen LogP contribution in [0.15, 0.2) is 35.4 Å². The maximum absolute atomic E-state index is 10.7. The lowest BCUT2D eigenvalue weighted by Gasteiger charge is -2.05. The number of nitrogens with one attached hydrogen (secondary N) is 2. The summed E-state index contributed by atoms with van der Waals surface area (Å²) in [4.78, 5) is 11.2. The highest BCUT2D eigenvalue weighted by Gasteiger charge is 2.08. The van der Waals surface area contributed by atoms with Crippen LogP contribution in [0.2, 0.25) is 0 Å². The molecule has 0 aliphatic rings. The molecule has 0 aliphatic heterocycles. The van der Waals surface area contributed by atoms with Crippen LogP contribution in [0.25, 0.3) is 0 Å². The van der Waals surface area contributed by atoms with Gasteiger partial charge in [-0.15, -0.1) is 11.8 Å². The molecule has 0 spiro atoms. The zero-order chi connectivity index (χ0) is 14.4. The van der Waals surface area contributed by atoms with Gasteiger partial charge in [0.05, 0.1) is 11.1 Å². The standard InChI is InChI=1S/C13H16N4O2S/c1-2-6-14-13-10(8-15-16-13)9-20-12-5-3-4-11(7-12)17(18)19/h3-5,7-8H,2,6,9H2,1H3,(H2,14,15,16). The van der Waals surface area contributed by atoms with Gasteiger partial charge >= 0.3 is 0 Å². The Bertz CT molecular complexity index is 585. The molecule has 0 saturated carbocycles. The molecule has 1 aromatic carbocycles. The second-order valence-corrected chi connectivity index (χ2v) is 5.29. The topological polar surface area (TPSA) is 83.8 Å². The van der Waals surface area contributed by atoms with Crippen LogP contribution in [-0.4, -0.2) is 21.7 Å². The van der Waals surface area contributed by atoms with Crippen LogP contribution in [0, 0.1) is 10.1 Å². The molecule has 2 aromatic rings. The zero-order valence-corrected chi connectivity index (χ0v) is 11.9. The monoisotopic (exact) mass is 292 g/mol. The molecule has 20 heavy (non-hydrogen) atoms. The molecular weight excluding hydrogens is 276 g/mol. The molecule has 2 N–H and O–H groups in total. The Kier molecular flexibility index (Phi) is 5.00. The number of thioether (sulfide) groups is 1. The van der Waals surface area contributed by atoms with Gasteiger partial charge in [0, 0.05) is 34.9 Å². The summed E-state index contributed by atoms with van der Waals surface area (Å²) < 4.78 is 0. The average Bonchev–Trinajstić information content (AvgIpc) is 2.90. The number of hydrogen-bond donors (Lipinski definition) is 2. The molecule has 106 valence electrons. The number of nitro groups is 1. The number of nitrogens with zero attached hydrogens (tertiary/aromatic N) is 2. The molecule has 2 rings (SSSR count). The van der Waals surface area contributed by atoms with Crippen LogP contribution in [-0.2, 0) is 5.75 Å². The Morgan fingerprint density at radius 2 is 2.35 bits per heavy atom. The summed E-state index contributed by atoms with van der Waals surface area (Å²) in [6.07, 6.45) is 2.82. The molecular formula is C13H16N4O2S. The molecule has 7 heteroatoms. The van der Waals surface area contributed by atoms with Gasteiger partial charge in [0.15, 0.2) is 0 Å². The van der Waals surface area contributed by atoms with Crippen molar-refractivity contribution in [3.05, 3.63) is 46.1 Å². The Morgan fingerprint density at radius 1 is 1.50 bits per heavy atom. The minimum absolute atomic E-state index is 0.117. The fraction of sp³-hybridized carbons (Fsp3) is 0.308. The minimum atomic E-state index is -0.379. The van der Waals surface area contributed by atoms with E-state index in [0.29, 0.717) is 5.75 Å². The predicted octanol–water partition coefficient (Wildman–Crippen LogP) is 3.43. The molecule has 0 saturated heterocycles. The SMILES string of the molecule is CCCNc1[nH]ncc1CSc1cccc([N+](=O)[O-])c1. The van der Waals surface area contributed by atoms with E-state index in [2.05, 4.69) is 22.4 Å². The molecule has 0 bridgehead atoms. The second-order valence-electron chi connectivity index (χ2n) is 4.24. The molecule has 1 heterocycles. The van der Waals surface area contributed by atoms with Crippen molar-refractivity contribution >= 4 is 23.3 Å². The van der Waals surface area contributed by atoms with E-state index >= 15 is 0 Å². The largest absolute Gasteiger partial charge is 0.370 e. The maximum atomic E-state index is 10.7. The van der Waals surface area contributed by atoms with Gasteiger partial charge in [0.1, 0.15) is 5.82 Å². The van der Waals surface area contributed by atoms with Crippen molar-refractivity contribution in [2.45, 2.75) is 24.0 Å². The molecule has 0 unspecified atom stereocenters. The van der Waals surface area contributed by atoms with Crippen molar-refractivity contribution in [3.63, 3.8) is 0 Å². The Morgan fingerprint density at radius 3 is 3.10 bits per heavy atom. The van der Waals surface area contributed by atoms with Crippen LogP contribution in [0.4, 0.5) is 11.5 Å². The van der Waals surface area contributed by atoms with Crippen LogP contribution in [0.1, 0.15) is 18.9 Å². The number of rotatable bonds is 7. The van der Waals surface area contributed by atoms with Gasteiger partial charge in [-0.3, -0.25) is 15.2 Å². The summed E-state index contributed by atoms with van der Waals surface area (Å²) in [6, 6.07) is 6.66. The zero-order valence-electron chi connectivity index (χ0n) is 11.1. The summed E-state index contributed by atoms with van der Waals surface area (Å²) in [5.41, 5.74) is 1.18. The Balaban J connectivity index is 2.00. The third-order valence-corrected chi connectivity index (χ3v) is 3.74. The number of aromatic nitrogens is 2. The van der Waals surface area contributed by atoms with E-state index < -0.39 is 0 Å². The second kappa shape index (κ2) is 6.95. The van der Waals surface area contributed by atoms with E-state index in [1.807, 2.05) is 6.07 Å². The lowest BCUT2D eigenvalue weighted by molar-refractivity contribution is -0.385. The molecule has 0 amide bonds. The highest BCUT2D eigenvalue weighted by molar-refractivity contribution is 7.98. The normalized spacial score (nSPS) is 10.4. The highest BCUT2D eigenvalue weighted by atomic mass is 32.2. The number of H-pyrrole nitrogens is 1. The van der Waals surface area contributed by atoms with E-state index in [4.69, 9.17) is 0 Å². The van der Waals surface area contributed by atoms with Crippen LogP contribution < -0.4 is 5.32 Å². The fourth-order valence-electron chi connectivity index (χ4n) is 1.67. The summed E-state index contributed by atoms with van der Waals surface area (Å²) >= 11 is 1.55. The van der Waals surface area contributed by atoms with E-state index in [-0.39, 0.29) is 10.6 Å². The summed E-state index contributed by atoms with van der Waals surface area (Å²) in [5, 5.41) is 20.9. The van der Waals surface area contributed by atoms with Gasteiger partial charge in [-0.05, 0) is 12.5 Å². The molecule has 1 aromatic heterocycles. The van der Waals surface area contributed by atoms with Gasteiger partial charge in [-0.1, -0.05) is 13.0 Å². The summed E-state index contributed by atoms with van der Waals surface area (Å²) in [5.74, 6) is 1.63. The third-order valence-electron chi connectivity index (χ3n) is 2.69. The first kappa shape index (κ1) is 14.4. The first-order valence-electron chi connectivity index (χ1n) is 6.34. The van der Waals surface area contributed by atoms with Crippen LogP contribution in [0.5, 0.6) is 0 Å². The van der Waals surface area contributed by atoms with Crippen molar-refractivity contribution in [3.8, 4) is 0 Å². The van der Waals surface area contributed by atoms with Crippen molar-refractivity contribution in [1.82, 2.24) is 10.2 Å². The molecule has 0 fully saturated rings. The van der Waals surface area contributed by atoms with Gasteiger partial charge in [-0.25, -0.2) is 0 Å². The summed E-state index contributed by atoms with van der Waals surface area (Å²) in [7, 11) is 0. The number of non-ortho nitro benzene ring substituents is 1. The fourth-order valence-corrected chi connectivity index (χ4v) is 2.59. The van der Waals surface area contributed by atoms with Crippen molar-refractivity contribution in [2.24, 2.45) is 0 Å². The van der Waals surface area contributed by atoms with Crippen molar-refractivity contribution < 1.29 is 4.92 Å². The first-order valence-corrected chi connectivity index (χ1v) is 7.32. The van der Waals surface area contributed by atoms with Gasteiger partial charge < -0.3 is 5.32 Å². The number of anilines is 1. The van der Waals surface area contributed by atoms with Crippen molar-refractivity contribution in [2.75, 3.05) is 11.9 Å². The first-order chi connectivity index (χ1) is 9.70. The van der Waals surface area contributed by atoms with Gasteiger partial charge in [0.2, 0.25) is 0 Å². The maximum Gasteiger partial charge on any atom is 0.270 e. The lowest BCUT2D eigenvalue weighted by Crippen LogP contribution is -2.01.